The maximum absolute atomic E-state index is 6.42. The largest absolute Gasteiger partial charge is 0.489 e. The van der Waals surface area contributed by atoms with Crippen LogP contribution in [0.4, 0.5) is 0 Å². The SMILES string of the molecule is C[C@H](c1nc2ccccc2s1)N(C)Cc1cc(Cl)c2c(c1)OCCCO2. The van der Waals surface area contributed by atoms with Crippen LogP contribution < -0.4 is 9.47 Å². The molecule has 0 unspecified atom stereocenters. The lowest BCUT2D eigenvalue weighted by molar-refractivity contribution is 0.252. The van der Waals surface area contributed by atoms with Crippen LogP contribution in [0.2, 0.25) is 5.02 Å². The summed E-state index contributed by atoms with van der Waals surface area (Å²) in [6.45, 7) is 4.24. The Kier molecular flexibility index (Phi) is 5.02. The Balaban J connectivity index is 1.54. The van der Waals surface area contributed by atoms with Crippen molar-refractivity contribution >= 4 is 33.2 Å². The van der Waals surface area contributed by atoms with Crippen molar-refractivity contribution in [3.05, 3.63) is 52.0 Å². The number of ether oxygens (including phenoxy) is 2. The minimum atomic E-state index is 0.210. The normalized spacial score (nSPS) is 15.2. The zero-order valence-electron chi connectivity index (χ0n) is 14.9. The van der Waals surface area contributed by atoms with Crippen LogP contribution in [0.3, 0.4) is 0 Å². The van der Waals surface area contributed by atoms with Crippen LogP contribution >= 0.6 is 22.9 Å². The van der Waals surface area contributed by atoms with Crippen molar-refractivity contribution in [1.29, 1.82) is 0 Å². The summed E-state index contributed by atoms with van der Waals surface area (Å²) in [5.74, 6) is 1.40. The van der Waals surface area contributed by atoms with E-state index in [1.54, 1.807) is 11.3 Å². The first-order chi connectivity index (χ1) is 12.6. The molecular formula is C20H21ClN2O2S. The molecule has 3 aromatic rings. The Morgan fingerprint density at radius 2 is 2.04 bits per heavy atom. The number of nitrogens with zero attached hydrogens (tertiary/aromatic N) is 2. The number of halogens is 1. The van der Waals surface area contributed by atoms with Crippen LogP contribution in [-0.4, -0.2) is 30.1 Å². The highest BCUT2D eigenvalue weighted by atomic mass is 35.5. The van der Waals surface area contributed by atoms with Gasteiger partial charge >= 0.3 is 0 Å². The third-order valence-corrected chi connectivity index (χ3v) is 6.11. The number of fused-ring (bicyclic) bond motifs is 2. The Labute approximate surface area is 162 Å². The maximum atomic E-state index is 6.42. The first-order valence-electron chi connectivity index (χ1n) is 8.75. The number of aromatic nitrogens is 1. The number of thiazole rings is 1. The fourth-order valence-electron chi connectivity index (χ4n) is 3.06. The predicted octanol–water partition coefficient (Wildman–Crippen LogP) is 5.30. The summed E-state index contributed by atoms with van der Waals surface area (Å²) in [4.78, 5) is 7.05. The number of benzene rings is 2. The first kappa shape index (κ1) is 17.6. The third-order valence-electron chi connectivity index (χ3n) is 4.62. The van der Waals surface area contributed by atoms with Gasteiger partial charge in [0.05, 0.1) is 34.5 Å². The topological polar surface area (TPSA) is 34.6 Å². The van der Waals surface area contributed by atoms with Crippen molar-refractivity contribution in [3.63, 3.8) is 0 Å². The van der Waals surface area contributed by atoms with Gasteiger partial charge in [0.15, 0.2) is 11.5 Å². The monoisotopic (exact) mass is 388 g/mol. The van der Waals surface area contributed by atoms with E-state index in [2.05, 4.69) is 37.1 Å². The van der Waals surface area contributed by atoms with Crippen molar-refractivity contribution in [1.82, 2.24) is 9.88 Å². The molecule has 6 heteroatoms. The van der Waals surface area contributed by atoms with E-state index in [9.17, 15) is 0 Å². The van der Waals surface area contributed by atoms with Crippen molar-refractivity contribution in [2.45, 2.75) is 25.9 Å². The van der Waals surface area contributed by atoms with E-state index in [1.165, 1.54) is 4.70 Å². The molecule has 26 heavy (non-hydrogen) atoms. The number of rotatable bonds is 4. The summed E-state index contributed by atoms with van der Waals surface area (Å²) < 4.78 is 12.7. The fraction of sp³-hybridized carbons (Fsp3) is 0.350. The minimum absolute atomic E-state index is 0.210. The second kappa shape index (κ2) is 7.43. The van der Waals surface area contributed by atoms with Gasteiger partial charge in [0.25, 0.3) is 0 Å². The summed E-state index contributed by atoms with van der Waals surface area (Å²) in [5.41, 5.74) is 2.17. The molecule has 0 N–H and O–H groups in total. The Morgan fingerprint density at radius 1 is 1.23 bits per heavy atom. The van der Waals surface area contributed by atoms with E-state index in [1.807, 2.05) is 18.2 Å². The Bertz CT molecular complexity index is 894. The molecule has 0 fully saturated rings. The highest BCUT2D eigenvalue weighted by molar-refractivity contribution is 7.18. The van der Waals surface area contributed by atoms with E-state index in [-0.39, 0.29) is 6.04 Å². The van der Waals surface area contributed by atoms with Gasteiger partial charge in [-0.3, -0.25) is 4.90 Å². The molecule has 0 radical (unpaired) electrons. The molecule has 4 rings (SSSR count). The summed E-state index contributed by atoms with van der Waals surface area (Å²) in [7, 11) is 2.10. The van der Waals surface area contributed by atoms with Crippen molar-refractivity contribution in [2.75, 3.05) is 20.3 Å². The molecule has 4 nitrogen and oxygen atoms in total. The lowest BCUT2D eigenvalue weighted by atomic mass is 10.1. The van der Waals surface area contributed by atoms with Crippen molar-refractivity contribution in [2.24, 2.45) is 0 Å². The van der Waals surface area contributed by atoms with Crippen LogP contribution in [0.5, 0.6) is 11.5 Å². The van der Waals surface area contributed by atoms with Gasteiger partial charge < -0.3 is 9.47 Å². The lowest BCUT2D eigenvalue weighted by Gasteiger charge is -2.23. The highest BCUT2D eigenvalue weighted by Crippen LogP contribution is 2.38. The van der Waals surface area contributed by atoms with Crippen LogP contribution in [0.25, 0.3) is 10.2 Å². The molecule has 1 aliphatic heterocycles. The Hall–Kier alpha value is -1.82. The van der Waals surface area contributed by atoms with Gasteiger partial charge in [-0.1, -0.05) is 23.7 Å². The first-order valence-corrected chi connectivity index (χ1v) is 9.95. The average molecular weight is 389 g/mol. The average Bonchev–Trinajstić information content (AvgIpc) is 2.92. The second-order valence-electron chi connectivity index (χ2n) is 6.57. The smallest absolute Gasteiger partial charge is 0.179 e. The summed E-state index contributed by atoms with van der Waals surface area (Å²) in [6.07, 6.45) is 0.870. The van der Waals surface area contributed by atoms with E-state index < -0.39 is 0 Å². The van der Waals surface area contributed by atoms with Gasteiger partial charge in [-0.05, 0) is 43.8 Å². The molecule has 0 amide bonds. The van der Waals surface area contributed by atoms with E-state index in [0.29, 0.717) is 24.0 Å². The third kappa shape index (κ3) is 3.52. The number of hydrogen-bond donors (Lipinski definition) is 0. The number of hydrogen-bond acceptors (Lipinski definition) is 5. The minimum Gasteiger partial charge on any atom is -0.489 e. The van der Waals surface area contributed by atoms with Crippen LogP contribution in [-0.2, 0) is 6.54 Å². The van der Waals surface area contributed by atoms with Crippen molar-refractivity contribution in [3.8, 4) is 11.5 Å². The highest BCUT2D eigenvalue weighted by Gasteiger charge is 2.19. The van der Waals surface area contributed by atoms with Crippen LogP contribution in [0.1, 0.15) is 30.0 Å². The van der Waals surface area contributed by atoms with E-state index in [4.69, 9.17) is 26.1 Å². The molecule has 1 aliphatic rings. The molecule has 1 atom stereocenters. The fourth-order valence-corrected chi connectivity index (χ4v) is 4.43. The van der Waals surface area contributed by atoms with Gasteiger partial charge in [0.1, 0.15) is 5.01 Å². The van der Waals surface area contributed by atoms with Gasteiger partial charge in [-0.15, -0.1) is 11.3 Å². The molecule has 0 saturated heterocycles. The second-order valence-corrected chi connectivity index (χ2v) is 8.04. The molecule has 2 aromatic carbocycles. The number of para-hydroxylation sites is 1. The molecule has 0 aliphatic carbocycles. The maximum Gasteiger partial charge on any atom is 0.179 e. The molecule has 2 heterocycles. The van der Waals surface area contributed by atoms with E-state index >= 15 is 0 Å². The van der Waals surface area contributed by atoms with Crippen molar-refractivity contribution < 1.29 is 9.47 Å². The summed E-state index contributed by atoms with van der Waals surface area (Å²) in [5, 5.41) is 1.73. The molecule has 136 valence electrons. The van der Waals surface area contributed by atoms with Crippen LogP contribution in [0.15, 0.2) is 36.4 Å². The zero-order valence-corrected chi connectivity index (χ0v) is 16.4. The van der Waals surface area contributed by atoms with Gasteiger partial charge in [0, 0.05) is 13.0 Å². The standard InChI is InChI=1S/C20H21ClN2O2S/c1-13(20-22-16-6-3-4-7-18(16)26-20)23(2)12-14-10-15(21)19-17(11-14)24-8-5-9-25-19/h3-4,6-7,10-11,13H,5,8-9,12H2,1-2H3/t13-/m1/s1. The van der Waals surface area contributed by atoms with E-state index in [0.717, 1.165) is 34.8 Å². The van der Waals surface area contributed by atoms with Gasteiger partial charge in [-0.2, -0.15) is 0 Å². The predicted molar refractivity (Wildman–Crippen MR) is 107 cm³/mol. The van der Waals surface area contributed by atoms with Gasteiger partial charge in [0.2, 0.25) is 0 Å². The van der Waals surface area contributed by atoms with Crippen LogP contribution in [0, 0.1) is 0 Å². The quantitative estimate of drug-likeness (QED) is 0.607. The Morgan fingerprint density at radius 3 is 2.88 bits per heavy atom. The molecule has 0 spiro atoms. The molecular weight excluding hydrogens is 368 g/mol. The molecule has 0 saturated carbocycles. The lowest BCUT2D eigenvalue weighted by Crippen LogP contribution is -2.21. The van der Waals surface area contributed by atoms with Gasteiger partial charge in [-0.25, -0.2) is 4.98 Å². The summed E-state index contributed by atoms with van der Waals surface area (Å²) >= 11 is 8.17. The summed E-state index contributed by atoms with van der Waals surface area (Å²) in [6, 6.07) is 12.5. The zero-order chi connectivity index (χ0) is 18.1. The molecule has 0 bridgehead atoms. The molecule has 1 aromatic heterocycles.